The van der Waals surface area contributed by atoms with Crippen LogP contribution in [-0.4, -0.2) is 11.2 Å². The summed E-state index contributed by atoms with van der Waals surface area (Å²) in [5, 5.41) is 10.6. The minimum Gasteiger partial charge on any atom is -0.491 e. The van der Waals surface area contributed by atoms with E-state index in [4.69, 9.17) is 4.74 Å². The zero-order valence-corrected chi connectivity index (χ0v) is 12.7. The molecular formula is C17H28O2. The normalized spacial score (nSPS) is 14.4. The van der Waals surface area contributed by atoms with Crippen LogP contribution in [0.4, 0.5) is 0 Å². The lowest BCUT2D eigenvalue weighted by atomic mass is 9.89. The molecule has 0 saturated heterocycles. The molecule has 0 heterocycles. The lowest BCUT2D eigenvalue weighted by Gasteiger charge is -2.24. The van der Waals surface area contributed by atoms with Gasteiger partial charge in [0.25, 0.3) is 0 Å². The van der Waals surface area contributed by atoms with E-state index in [1.165, 1.54) is 12.8 Å². The summed E-state index contributed by atoms with van der Waals surface area (Å²) in [7, 11) is 0. The summed E-state index contributed by atoms with van der Waals surface area (Å²) in [5.74, 6) is 1.14. The van der Waals surface area contributed by atoms with Gasteiger partial charge in [0.2, 0.25) is 0 Å². The maximum absolute atomic E-state index is 10.6. The number of aliphatic hydroxyl groups excluding tert-OH is 1. The van der Waals surface area contributed by atoms with Gasteiger partial charge in [-0.3, -0.25) is 0 Å². The molecule has 2 nitrogen and oxygen atoms in total. The predicted molar refractivity (Wildman–Crippen MR) is 80.5 cm³/mol. The van der Waals surface area contributed by atoms with Gasteiger partial charge in [-0.1, -0.05) is 51.3 Å². The summed E-state index contributed by atoms with van der Waals surface area (Å²) < 4.78 is 5.81. The van der Waals surface area contributed by atoms with Gasteiger partial charge in [0, 0.05) is 5.56 Å². The zero-order valence-electron chi connectivity index (χ0n) is 12.7. The molecule has 0 bridgehead atoms. The highest BCUT2D eigenvalue weighted by molar-refractivity contribution is 5.35. The Hall–Kier alpha value is -1.02. The van der Waals surface area contributed by atoms with E-state index in [0.717, 1.165) is 24.2 Å². The highest BCUT2D eigenvalue weighted by Crippen LogP contribution is 2.34. The molecule has 1 N–H and O–H groups in total. The fourth-order valence-corrected chi connectivity index (χ4v) is 2.39. The van der Waals surface area contributed by atoms with Crippen molar-refractivity contribution >= 4 is 0 Å². The number of aliphatic hydroxyl groups is 1. The first-order valence-electron chi connectivity index (χ1n) is 7.53. The summed E-state index contributed by atoms with van der Waals surface area (Å²) in [5.41, 5.74) is 0.930. The van der Waals surface area contributed by atoms with Gasteiger partial charge in [-0.25, -0.2) is 0 Å². The molecule has 2 unspecified atom stereocenters. The first-order valence-corrected chi connectivity index (χ1v) is 7.53. The van der Waals surface area contributed by atoms with E-state index < -0.39 is 6.10 Å². The molecule has 0 amide bonds. The average molecular weight is 264 g/mol. The van der Waals surface area contributed by atoms with Crippen LogP contribution in [0.15, 0.2) is 24.3 Å². The van der Waals surface area contributed by atoms with E-state index in [9.17, 15) is 5.11 Å². The van der Waals surface area contributed by atoms with Gasteiger partial charge in [-0.2, -0.15) is 0 Å². The number of unbranched alkanes of at least 4 members (excludes halogenated alkanes) is 1. The Bertz CT molecular complexity index is 360. The molecule has 0 aliphatic rings. The minimum atomic E-state index is -0.425. The Labute approximate surface area is 117 Å². The first kappa shape index (κ1) is 16.0. The summed E-state index contributed by atoms with van der Waals surface area (Å²) in [6.07, 6.45) is 4.12. The lowest BCUT2D eigenvalue weighted by Crippen LogP contribution is -2.15. The molecule has 19 heavy (non-hydrogen) atoms. The molecular weight excluding hydrogens is 236 g/mol. The Morgan fingerprint density at radius 1 is 1.16 bits per heavy atom. The number of rotatable bonds is 8. The highest BCUT2D eigenvalue weighted by atomic mass is 16.5. The van der Waals surface area contributed by atoms with Crippen molar-refractivity contribution < 1.29 is 9.84 Å². The molecule has 1 aromatic rings. The number of hydrogen-bond donors (Lipinski definition) is 1. The molecule has 108 valence electrons. The number of hydrogen-bond acceptors (Lipinski definition) is 2. The molecule has 2 heteroatoms. The van der Waals surface area contributed by atoms with Crippen molar-refractivity contribution in [1.82, 2.24) is 0 Å². The highest BCUT2D eigenvalue weighted by Gasteiger charge is 2.22. The molecule has 2 atom stereocenters. The minimum absolute atomic E-state index is 0.129. The van der Waals surface area contributed by atoms with Crippen LogP contribution in [0.5, 0.6) is 5.75 Å². The van der Waals surface area contributed by atoms with Crippen LogP contribution in [0, 0.1) is 5.92 Å². The summed E-state index contributed by atoms with van der Waals surface area (Å²) >= 11 is 0. The van der Waals surface area contributed by atoms with E-state index in [2.05, 4.69) is 13.8 Å². The molecule has 0 spiro atoms. The van der Waals surface area contributed by atoms with Gasteiger partial charge in [0.15, 0.2) is 0 Å². The molecule has 0 radical (unpaired) electrons. The third-order valence-corrected chi connectivity index (χ3v) is 3.50. The fourth-order valence-electron chi connectivity index (χ4n) is 2.39. The standard InChI is InChI=1S/C17H28O2/c1-5-7-10-14(6-2)17(18)15-11-8-9-12-16(15)19-13(3)4/h8-9,11-14,17-18H,5-7,10H2,1-4H3. The van der Waals surface area contributed by atoms with Gasteiger partial charge < -0.3 is 9.84 Å². The smallest absolute Gasteiger partial charge is 0.125 e. The van der Waals surface area contributed by atoms with Gasteiger partial charge in [-0.05, 0) is 32.3 Å². The summed E-state index contributed by atoms with van der Waals surface area (Å²) in [6.45, 7) is 8.36. The second-order valence-corrected chi connectivity index (χ2v) is 5.46. The average Bonchev–Trinajstić information content (AvgIpc) is 2.39. The molecule has 0 fully saturated rings. The van der Waals surface area contributed by atoms with E-state index in [-0.39, 0.29) is 6.10 Å². The Morgan fingerprint density at radius 3 is 2.42 bits per heavy atom. The van der Waals surface area contributed by atoms with Crippen LogP contribution < -0.4 is 4.74 Å². The third-order valence-electron chi connectivity index (χ3n) is 3.50. The zero-order chi connectivity index (χ0) is 14.3. The predicted octanol–water partition coefficient (Wildman–Crippen LogP) is 4.72. The maximum atomic E-state index is 10.6. The van der Waals surface area contributed by atoms with Crippen LogP contribution in [0.2, 0.25) is 0 Å². The van der Waals surface area contributed by atoms with Crippen LogP contribution >= 0.6 is 0 Å². The quantitative estimate of drug-likeness (QED) is 0.736. The van der Waals surface area contributed by atoms with E-state index in [1.54, 1.807) is 0 Å². The maximum Gasteiger partial charge on any atom is 0.125 e. The fraction of sp³-hybridized carbons (Fsp3) is 0.647. The lowest BCUT2D eigenvalue weighted by molar-refractivity contribution is 0.0936. The van der Waals surface area contributed by atoms with Gasteiger partial charge >= 0.3 is 0 Å². The van der Waals surface area contributed by atoms with Gasteiger partial charge in [-0.15, -0.1) is 0 Å². The van der Waals surface area contributed by atoms with E-state index in [0.29, 0.717) is 5.92 Å². The number of benzene rings is 1. The topological polar surface area (TPSA) is 29.5 Å². The van der Waals surface area contributed by atoms with Crippen molar-refractivity contribution in [3.63, 3.8) is 0 Å². The van der Waals surface area contributed by atoms with E-state index in [1.807, 2.05) is 38.1 Å². The molecule has 0 aromatic heterocycles. The second-order valence-electron chi connectivity index (χ2n) is 5.46. The van der Waals surface area contributed by atoms with Crippen molar-refractivity contribution in [2.75, 3.05) is 0 Å². The Balaban J connectivity index is 2.87. The van der Waals surface area contributed by atoms with Crippen molar-refractivity contribution in [1.29, 1.82) is 0 Å². The van der Waals surface area contributed by atoms with Crippen molar-refractivity contribution in [2.45, 2.75) is 65.6 Å². The number of para-hydroxylation sites is 1. The molecule has 0 aliphatic heterocycles. The Morgan fingerprint density at radius 2 is 1.84 bits per heavy atom. The van der Waals surface area contributed by atoms with Crippen molar-refractivity contribution in [3.05, 3.63) is 29.8 Å². The Kier molecular flexibility index (Phi) is 6.93. The van der Waals surface area contributed by atoms with Crippen LogP contribution in [0.1, 0.15) is 65.0 Å². The molecule has 0 saturated carbocycles. The monoisotopic (exact) mass is 264 g/mol. The van der Waals surface area contributed by atoms with Crippen molar-refractivity contribution in [3.8, 4) is 5.75 Å². The molecule has 0 aliphatic carbocycles. The SMILES string of the molecule is CCCCC(CC)C(O)c1ccccc1OC(C)C. The van der Waals surface area contributed by atoms with Gasteiger partial charge in [0.05, 0.1) is 12.2 Å². The third kappa shape index (κ3) is 4.87. The van der Waals surface area contributed by atoms with Crippen molar-refractivity contribution in [2.24, 2.45) is 5.92 Å². The summed E-state index contributed by atoms with van der Waals surface area (Å²) in [4.78, 5) is 0. The van der Waals surface area contributed by atoms with E-state index >= 15 is 0 Å². The van der Waals surface area contributed by atoms with Crippen LogP contribution in [0.25, 0.3) is 0 Å². The molecule has 1 aromatic carbocycles. The number of ether oxygens (including phenoxy) is 1. The molecule has 1 rings (SSSR count). The van der Waals surface area contributed by atoms with Crippen LogP contribution in [0.3, 0.4) is 0 Å². The summed E-state index contributed by atoms with van der Waals surface area (Å²) in [6, 6.07) is 7.86. The largest absolute Gasteiger partial charge is 0.491 e. The first-order chi connectivity index (χ1) is 9.10. The van der Waals surface area contributed by atoms with Crippen LogP contribution in [-0.2, 0) is 0 Å². The second kappa shape index (κ2) is 8.21. The van der Waals surface area contributed by atoms with Gasteiger partial charge in [0.1, 0.15) is 5.75 Å².